The molecule has 1 aliphatic heterocycles. The van der Waals surface area contributed by atoms with Crippen molar-refractivity contribution in [3.63, 3.8) is 0 Å². The van der Waals surface area contributed by atoms with Gasteiger partial charge >= 0.3 is 0 Å². The number of hydrogen-bond donors (Lipinski definition) is 1. The quantitative estimate of drug-likeness (QED) is 0.429. The van der Waals surface area contributed by atoms with Gasteiger partial charge in [-0.1, -0.05) is 17.7 Å². The Kier molecular flexibility index (Phi) is 5.49. The molecule has 5 rings (SSSR count). The molecule has 5 nitrogen and oxygen atoms in total. The smallest absolute Gasteiger partial charge is 0.251 e. The molecule has 0 spiro atoms. The van der Waals surface area contributed by atoms with E-state index in [4.69, 9.17) is 4.42 Å². The van der Waals surface area contributed by atoms with E-state index in [2.05, 4.69) is 15.5 Å². The highest BCUT2D eigenvalue weighted by Crippen LogP contribution is 2.36. The van der Waals surface area contributed by atoms with Crippen LogP contribution in [0.25, 0.3) is 22.9 Å². The van der Waals surface area contributed by atoms with Crippen LogP contribution in [0.1, 0.15) is 33.9 Å². The molecule has 1 atom stereocenters. The van der Waals surface area contributed by atoms with E-state index in [1.807, 2.05) is 31.2 Å². The van der Waals surface area contributed by atoms with Gasteiger partial charge in [0.1, 0.15) is 5.82 Å². The third-order valence-corrected chi connectivity index (χ3v) is 6.56. The van der Waals surface area contributed by atoms with Crippen LogP contribution in [0.15, 0.2) is 76.0 Å². The summed E-state index contributed by atoms with van der Waals surface area (Å²) in [6, 6.07) is 19.4. The van der Waals surface area contributed by atoms with Crippen LogP contribution >= 0.6 is 11.8 Å². The molecule has 0 saturated carbocycles. The summed E-state index contributed by atoms with van der Waals surface area (Å²) in [6.45, 7) is 2.02. The van der Waals surface area contributed by atoms with Crippen LogP contribution in [-0.2, 0) is 0 Å². The van der Waals surface area contributed by atoms with Crippen LogP contribution in [0.3, 0.4) is 0 Å². The maximum Gasteiger partial charge on any atom is 0.251 e. The predicted molar refractivity (Wildman–Crippen MR) is 122 cm³/mol. The molecule has 3 aromatic carbocycles. The molecule has 0 saturated heterocycles. The molecule has 1 unspecified atom stereocenters. The van der Waals surface area contributed by atoms with E-state index in [-0.39, 0.29) is 17.8 Å². The lowest BCUT2D eigenvalue weighted by Crippen LogP contribution is -2.30. The van der Waals surface area contributed by atoms with Gasteiger partial charge in [0.2, 0.25) is 11.8 Å². The fourth-order valence-corrected chi connectivity index (χ4v) is 4.78. The molecule has 4 aromatic rings. The zero-order valence-electron chi connectivity index (χ0n) is 17.3. The number of aromatic nitrogens is 2. The SMILES string of the molecule is Cc1ccc(-c2nnc(-c3ccc(C(=O)NC4CCSc5ccc(F)cc54)cc3)o2)cc1. The highest BCUT2D eigenvalue weighted by Gasteiger charge is 2.23. The minimum absolute atomic E-state index is 0.200. The van der Waals surface area contributed by atoms with Crippen LogP contribution in [0, 0.1) is 12.7 Å². The van der Waals surface area contributed by atoms with E-state index in [1.54, 1.807) is 42.1 Å². The van der Waals surface area contributed by atoms with Crippen molar-refractivity contribution in [3.05, 3.63) is 89.2 Å². The number of carbonyl (C=O) groups is 1. The van der Waals surface area contributed by atoms with E-state index in [0.717, 1.165) is 39.3 Å². The number of halogens is 1. The third-order valence-electron chi connectivity index (χ3n) is 5.43. The van der Waals surface area contributed by atoms with Gasteiger partial charge in [0.05, 0.1) is 6.04 Å². The monoisotopic (exact) mass is 445 g/mol. The Labute approximate surface area is 189 Å². The number of aryl methyl sites for hydroxylation is 1. The van der Waals surface area contributed by atoms with Crippen LogP contribution in [0.4, 0.5) is 4.39 Å². The molecule has 1 aliphatic rings. The number of thioether (sulfide) groups is 1. The Morgan fingerprint density at radius 3 is 2.34 bits per heavy atom. The van der Waals surface area contributed by atoms with Gasteiger partial charge in [-0.05, 0) is 73.5 Å². The second-order valence-electron chi connectivity index (χ2n) is 7.70. The van der Waals surface area contributed by atoms with Crippen LogP contribution < -0.4 is 5.32 Å². The van der Waals surface area contributed by atoms with Crippen molar-refractivity contribution in [2.45, 2.75) is 24.3 Å². The van der Waals surface area contributed by atoms with E-state index in [1.165, 1.54) is 12.1 Å². The summed E-state index contributed by atoms with van der Waals surface area (Å²) < 4.78 is 19.5. The second kappa shape index (κ2) is 8.59. The molecule has 160 valence electrons. The van der Waals surface area contributed by atoms with Gasteiger partial charge in [-0.15, -0.1) is 22.0 Å². The summed E-state index contributed by atoms with van der Waals surface area (Å²) in [5.41, 5.74) is 4.09. The van der Waals surface area contributed by atoms with Crippen molar-refractivity contribution in [1.29, 1.82) is 0 Å². The number of carbonyl (C=O) groups excluding carboxylic acids is 1. The van der Waals surface area contributed by atoms with Gasteiger partial charge in [0.15, 0.2) is 0 Å². The van der Waals surface area contributed by atoms with Crippen LogP contribution in [-0.4, -0.2) is 21.9 Å². The highest BCUT2D eigenvalue weighted by atomic mass is 32.2. The van der Waals surface area contributed by atoms with Crippen molar-refractivity contribution in [2.75, 3.05) is 5.75 Å². The summed E-state index contributed by atoms with van der Waals surface area (Å²) in [5, 5.41) is 11.3. The fourth-order valence-electron chi connectivity index (χ4n) is 3.67. The number of benzene rings is 3. The Hall–Kier alpha value is -3.45. The molecule has 0 radical (unpaired) electrons. The van der Waals surface area contributed by atoms with Crippen molar-refractivity contribution in [1.82, 2.24) is 15.5 Å². The largest absolute Gasteiger partial charge is 0.416 e. The third kappa shape index (κ3) is 4.16. The number of nitrogens with zero attached hydrogens (tertiary/aromatic N) is 2. The Bertz CT molecular complexity index is 1270. The molecule has 7 heteroatoms. The van der Waals surface area contributed by atoms with Gasteiger partial charge in [-0.25, -0.2) is 4.39 Å². The Morgan fingerprint density at radius 2 is 1.66 bits per heavy atom. The molecule has 1 N–H and O–H groups in total. The van der Waals surface area contributed by atoms with Crippen molar-refractivity contribution in [2.24, 2.45) is 0 Å². The molecule has 1 amide bonds. The lowest BCUT2D eigenvalue weighted by molar-refractivity contribution is 0.0935. The van der Waals surface area contributed by atoms with Gasteiger partial charge in [-0.2, -0.15) is 0 Å². The molecular formula is C25H20FN3O2S. The topological polar surface area (TPSA) is 68.0 Å². The second-order valence-corrected chi connectivity index (χ2v) is 8.84. The number of nitrogens with one attached hydrogen (secondary N) is 1. The number of rotatable bonds is 4. The van der Waals surface area contributed by atoms with Crippen LogP contribution in [0.5, 0.6) is 0 Å². The van der Waals surface area contributed by atoms with Gasteiger partial charge < -0.3 is 9.73 Å². The molecule has 0 fully saturated rings. The first-order valence-corrected chi connectivity index (χ1v) is 11.3. The average Bonchev–Trinajstić information content (AvgIpc) is 3.30. The summed E-state index contributed by atoms with van der Waals surface area (Å²) in [4.78, 5) is 13.8. The zero-order valence-corrected chi connectivity index (χ0v) is 18.2. The number of amides is 1. The fraction of sp³-hybridized carbons (Fsp3) is 0.160. The van der Waals surface area contributed by atoms with Gasteiger partial charge in [0, 0.05) is 27.3 Å². The predicted octanol–water partition coefficient (Wildman–Crippen LogP) is 5.82. The highest BCUT2D eigenvalue weighted by molar-refractivity contribution is 7.99. The van der Waals surface area contributed by atoms with E-state index in [0.29, 0.717) is 17.3 Å². The summed E-state index contributed by atoms with van der Waals surface area (Å²) in [6.07, 6.45) is 0.759. The minimum atomic E-state index is -0.292. The Morgan fingerprint density at radius 1 is 1.00 bits per heavy atom. The lowest BCUT2D eigenvalue weighted by Gasteiger charge is -2.26. The lowest BCUT2D eigenvalue weighted by atomic mass is 10.0. The summed E-state index contributed by atoms with van der Waals surface area (Å²) >= 11 is 1.68. The molecule has 1 aromatic heterocycles. The van der Waals surface area contributed by atoms with Crippen molar-refractivity contribution in [3.8, 4) is 22.9 Å². The average molecular weight is 446 g/mol. The van der Waals surface area contributed by atoms with E-state index < -0.39 is 0 Å². The normalized spacial score (nSPS) is 15.2. The van der Waals surface area contributed by atoms with E-state index in [9.17, 15) is 9.18 Å². The summed E-state index contributed by atoms with van der Waals surface area (Å²) in [5.74, 6) is 1.22. The first kappa shape index (κ1) is 20.5. The Balaban J connectivity index is 1.31. The number of hydrogen-bond acceptors (Lipinski definition) is 5. The van der Waals surface area contributed by atoms with Gasteiger partial charge in [0.25, 0.3) is 5.91 Å². The van der Waals surface area contributed by atoms with Crippen molar-refractivity contribution < 1.29 is 13.6 Å². The number of fused-ring (bicyclic) bond motifs is 1. The van der Waals surface area contributed by atoms with Crippen molar-refractivity contribution >= 4 is 17.7 Å². The standard InChI is InChI=1S/C25H20FN3O2S/c1-15-2-4-17(5-3-15)24-28-29-25(31-24)18-8-6-16(7-9-18)23(30)27-21-12-13-32-22-11-10-19(26)14-20(21)22/h2-11,14,21H,12-13H2,1H3,(H,27,30). The molecule has 2 heterocycles. The molecule has 0 bridgehead atoms. The van der Waals surface area contributed by atoms with E-state index >= 15 is 0 Å². The first-order chi connectivity index (χ1) is 15.6. The minimum Gasteiger partial charge on any atom is -0.416 e. The molecule has 32 heavy (non-hydrogen) atoms. The van der Waals surface area contributed by atoms with Crippen LogP contribution in [0.2, 0.25) is 0 Å². The maximum absolute atomic E-state index is 13.7. The summed E-state index contributed by atoms with van der Waals surface area (Å²) in [7, 11) is 0. The zero-order chi connectivity index (χ0) is 22.1. The first-order valence-electron chi connectivity index (χ1n) is 10.3. The molecular weight excluding hydrogens is 425 g/mol. The molecule has 0 aliphatic carbocycles. The maximum atomic E-state index is 13.7. The van der Waals surface area contributed by atoms with Gasteiger partial charge in [-0.3, -0.25) is 4.79 Å².